The number of pyridine rings is 1. The van der Waals surface area contributed by atoms with Crippen molar-refractivity contribution in [3.05, 3.63) is 23.4 Å². The fraction of sp³-hybridized carbons (Fsp3) is 0.571. The molecule has 0 aliphatic heterocycles. The summed E-state index contributed by atoms with van der Waals surface area (Å²) in [5.41, 5.74) is 3.94. The van der Waals surface area contributed by atoms with Crippen LogP contribution in [0.4, 0.5) is 5.82 Å². The summed E-state index contributed by atoms with van der Waals surface area (Å²) in [4.78, 5) is 18.6. The average Bonchev–Trinajstić information content (AvgIpc) is 2.47. The first kappa shape index (κ1) is 16.4. The lowest BCUT2D eigenvalue weighted by atomic mass is 10.1. The fourth-order valence-electron chi connectivity index (χ4n) is 1.83. The zero-order chi connectivity index (χ0) is 15.1. The summed E-state index contributed by atoms with van der Waals surface area (Å²) >= 11 is 0. The maximum Gasteiger partial charge on any atom is 0.254 e. The van der Waals surface area contributed by atoms with Gasteiger partial charge in [0.25, 0.3) is 5.91 Å². The van der Waals surface area contributed by atoms with E-state index in [0.29, 0.717) is 31.1 Å². The summed E-state index contributed by atoms with van der Waals surface area (Å²) in [6.07, 6.45) is 0. The second-order valence-corrected chi connectivity index (χ2v) is 4.84. The van der Waals surface area contributed by atoms with Gasteiger partial charge in [-0.25, -0.2) is 10.8 Å². The topological polar surface area (TPSA) is 80.5 Å². The minimum atomic E-state index is -0.0367. The molecule has 0 radical (unpaired) electrons. The van der Waals surface area contributed by atoms with E-state index in [4.69, 9.17) is 10.6 Å². The molecule has 0 bridgehead atoms. The van der Waals surface area contributed by atoms with E-state index in [-0.39, 0.29) is 11.8 Å². The highest BCUT2D eigenvalue weighted by molar-refractivity contribution is 5.95. The van der Waals surface area contributed by atoms with Crippen molar-refractivity contribution < 1.29 is 9.53 Å². The number of methoxy groups -OCH3 is 1. The Morgan fingerprint density at radius 3 is 2.70 bits per heavy atom. The van der Waals surface area contributed by atoms with Gasteiger partial charge in [-0.15, -0.1) is 0 Å². The van der Waals surface area contributed by atoms with Gasteiger partial charge in [0.05, 0.1) is 6.61 Å². The molecule has 0 aromatic carbocycles. The predicted octanol–water partition coefficient (Wildman–Crippen LogP) is 1.60. The smallest absolute Gasteiger partial charge is 0.254 e. The molecular weight excluding hydrogens is 256 g/mol. The van der Waals surface area contributed by atoms with Crippen LogP contribution in [0.15, 0.2) is 12.1 Å². The summed E-state index contributed by atoms with van der Waals surface area (Å²) in [7, 11) is 1.62. The lowest BCUT2D eigenvalue weighted by Crippen LogP contribution is -2.34. The van der Waals surface area contributed by atoms with E-state index in [1.165, 1.54) is 0 Å². The summed E-state index contributed by atoms with van der Waals surface area (Å²) in [5.74, 6) is 6.11. The molecular formula is C14H24N4O2. The van der Waals surface area contributed by atoms with Crippen molar-refractivity contribution in [1.29, 1.82) is 0 Å². The fourth-order valence-corrected chi connectivity index (χ4v) is 1.83. The van der Waals surface area contributed by atoms with Crippen molar-refractivity contribution in [2.75, 3.05) is 32.2 Å². The first-order chi connectivity index (χ1) is 9.53. The van der Waals surface area contributed by atoms with Crippen LogP contribution >= 0.6 is 0 Å². The molecule has 0 aliphatic carbocycles. The number of nitrogen functional groups attached to an aromatic ring is 1. The summed E-state index contributed by atoms with van der Waals surface area (Å²) in [5, 5.41) is 0. The number of likely N-dealkylation sites (N-methyl/N-ethyl adjacent to an activating group) is 1. The number of nitrogens with zero attached hydrogens (tertiary/aromatic N) is 2. The van der Waals surface area contributed by atoms with Crippen molar-refractivity contribution >= 4 is 11.7 Å². The first-order valence-electron chi connectivity index (χ1n) is 6.80. The number of rotatable bonds is 7. The SMILES string of the molecule is CCN(CCOC)C(=O)c1cc(NN)nc(C(C)C)c1. The first-order valence-corrected chi connectivity index (χ1v) is 6.80. The Hall–Kier alpha value is -1.66. The highest BCUT2D eigenvalue weighted by Gasteiger charge is 2.16. The molecule has 1 rings (SSSR count). The molecule has 0 aliphatic rings. The van der Waals surface area contributed by atoms with Crippen LogP contribution in [0.5, 0.6) is 0 Å². The Labute approximate surface area is 120 Å². The largest absolute Gasteiger partial charge is 0.383 e. The molecule has 3 N–H and O–H groups in total. The Balaban J connectivity index is 3.03. The lowest BCUT2D eigenvalue weighted by molar-refractivity contribution is 0.0706. The molecule has 0 spiro atoms. The third kappa shape index (κ3) is 4.18. The van der Waals surface area contributed by atoms with Crippen LogP contribution in [0.3, 0.4) is 0 Å². The number of hydrazine groups is 1. The van der Waals surface area contributed by atoms with E-state index in [1.54, 1.807) is 18.1 Å². The van der Waals surface area contributed by atoms with Crippen LogP contribution in [0.25, 0.3) is 0 Å². The standard InChI is InChI=1S/C14H24N4O2/c1-5-18(6-7-20-4)14(19)11-8-12(10(2)3)16-13(9-11)17-15/h8-10H,5-7,15H2,1-4H3,(H,16,17). The van der Waals surface area contributed by atoms with Crippen LogP contribution in [-0.4, -0.2) is 42.6 Å². The molecule has 0 saturated carbocycles. The van der Waals surface area contributed by atoms with E-state index >= 15 is 0 Å². The number of ether oxygens (including phenoxy) is 1. The van der Waals surface area contributed by atoms with Gasteiger partial charge in [0.2, 0.25) is 0 Å². The normalized spacial score (nSPS) is 10.7. The van der Waals surface area contributed by atoms with Gasteiger partial charge in [-0.05, 0) is 25.0 Å². The number of aromatic nitrogens is 1. The number of nitrogens with two attached hydrogens (primary N) is 1. The third-order valence-electron chi connectivity index (χ3n) is 3.07. The van der Waals surface area contributed by atoms with Gasteiger partial charge in [-0.1, -0.05) is 13.8 Å². The number of carbonyl (C=O) groups excluding carboxylic acids is 1. The summed E-state index contributed by atoms with van der Waals surface area (Å²) < 4.78 is 5.03. The zero-order valence-electron chi connectivity index (χ0n) is 12.6. The average molecular weight is 280 g/mol. The van der Waals surface area contributed by atoms with Crippen LogP contribution in [-0.2, 0) is 4.74 Å². The molecule has 6 heteroatoms. The highest BCUT2D eigenvalue weighted by atomic mass is 16.5. The Bertz CT molecular complexity index is 449. The van der Waals surface area contributed by atoms with Gasteiger partial charge < -0.3 is 15.1 Å². The maximum atomic E-state index is 12.5. The van der Waals surface area contributed by atoms with Crippen LogP contribution in [0, 0.1) is 0 Å². The molecule has 1 amide bonds. The second-order valence-electron chi connectivity index (χ2n) is 4.84. The highest BCUT2D eigenvalue weighted by Crippen LogP contribution is 2.18. The van der Waals surface area contributed by atoms with Crippen LogP contribution < -0.4 is 11.3 Å². The number of amides is 1. The van der Waals surface area contributed by atoms with E-state index in [0.717, 1.165) is 5.69 Å². The summed E-state index contributed by atoms with van der Waals surface area (Å²) in [6.45, 7) is 7.71. The number of carbonyl (C=O) groups is 1. The molecule has 112 valence electrons. The van der Waals surface area contributed by atoms with E-state index < -0.39 is 0 Å². The van der Waals surface area contributed by atoms with Gasteiger partial charge in [0.1, 0.15) is 5.82 Å². The minimum absolute atomic E-state index is 0.0367. The van der Waals surface area contributed by atoms with Crippen LogP contribution in [0.2, 0.25) is 0 Å². The van der Waals surface area contributed by atoms with Gasteiger partial charge >= 0.3 is 0 Å². The number of hydrogen-bond donors (Lipinski definition) is 2. The number of anilines is 1. The van der Waals surface area contributed by atoms with Gasteiger partial charge in [0.15, 0.2) is 0 Å². The zero-order valence-corrected chi connectivity index (χ0v) is 12.6. The van der Waals surface area contributed by atoms with Gasteiger partial charge in [0, 0.05) is 31.5 Å². The van der Waals surface area contributed by atoms with E-state index in [1.807, 2.05) is 26.8 Å². The monoisotopic (exact) mass is 280 g/mol. The van der Waals surface area contributed by atoms with E-state index in [2.05, 4.69) is 10.4 Å². The van der Waals surface area contributed by atoms with Crippen molar-refractivity contribution in [1.82, 2.24) is 9.88 Å². The number of nitrogens with one attached hydrogen (secondary N) is 1. The summed E-state index contributed by atoms with van der Waals surface area (Å²) in [6, 6.07) is 3.49. The Morgan fingerprint density at radius 2 is 2.20 bits per heavy atom. The Morgan fingerprint density at radius 1 is 1.50 bits per heavy atom. The Kier molecular flexibility index (Phi) is 6.41. The lowest BCUT2D eigenvalue weighted by Gasteiger charge is -2.21. The molecule has 0 atom stereocenters. The molecule has 6 nitrogen and oxygen atoms in total. The van der Waals surface area contributed by atoms with Crippen molar-refractivity contribution in [2.45, 2.75) is 26.7 Å². The third-order valence-corrected chi connectivity index (χ3v) is 3.07. The molecule has 0 fully saturated rings. The van der Waals surface area contributed by atoms with Crippen molar-refractivity contribution in [3.63, 3.8) is 0 Å². The van der Waals surface area contributed by atoms with Gasteiger partial charge in [-0.2, -0.15) is 0 Å². The van der Waals surface area contributed by atoms with Gasteiger partial charge in [-0.3, -0.25) is 4.79 Å². The molecule has 20 heavy (non-hydrogen) atoms. The molecule has 0 saturated heterocycles. The molecule has 1 aromatic rings. The number of hydrogen-bond acceptors (Lipinski definition) is 5. The molecule has 1 heterocycles. The van der Waals surface area contributed by atoms with Crippen LogP contribution in [0.1, 0.15) is 42.7 Å². The maximum absolute atomic E-state index is 12.5. The van der Waals surface area contributed by atoms with Crippen molar-refractivity contribution in [3.8, 4) is 0 Å². The second kappa shape index (κ2) is 7.81. The van der Waals surface area contributed by atoms with E-state index in [9.17, 15) is 4.79 Å². The quantitative estimate of drug-likeness (QED) is 0.586. The predicted molar refractivity (Wildman–Crippen MR) is 79.6 cm³/mol. The van der Waals surface area contributed by atoms with Crippen molar-refractivity contribution in [2.24, 2.45) is 5.84 Å². The minimum Gasteiger partial charge on any atom is -0.383 e. The molecule has 1 aromatic heterocycles. The molecule has 0 unspecified atom stereocenters.